The number of rotatable bonds is 9. The van der Waals surface area contributed by atoms with Crippen molar-refractivity contribution in [3.8, 4) is 17.0 Å². The first kappa shape index (κ1) is 23.0. The second kappa shape index (κ2) is 12.4. The molecule has 2 aromatic rings. The predicted molar refractivity (Wildman–Crippen MR) is 104 cm³/mol. The third-order valence-corrected chi connectivity index (χ3v) is 4.52. The van der Waals surface area contributed by atoms with Crippen LogP contribution in [0.25, 0.3) is 11.3 Å². The highest BCUT2D eigenvalue weighted by molar-refractivity contribution is 7.09. The van der Waals surface area contributed by atoms with E-state index in [4.69, 9.17) is 9.84 Å². The topological polar surface area (TPSA) is 59.4 Å². The maximum atomic E-state index is 13.7. The van der Waals surface area contributed by atoms with Gasteiger partial charge in [-0.1, -0.05) is 52.4 Å². The van der Waals surface area contributed by atoms with Crippen LogP contribution in [-0.2, 0) is 4.79 Å². The number of carboxylic acids is 1. The normalized spacial score (nSPS) is 10.3. The number of unbranched alkanes of at least 4 members (excludes halogenated alkanes) is 5. The molecule has 0 atom stereocenters. The second-order valence-corrected chi connectivity index (χ2v) is 7.15. The van der Waals surface area contributed by atoms with E-state index in [0.29, 0.717) is 5.69 Å². The van der Waals surface area contributed by atoms with Gasteiger partial charge >= 0.3 is 5.97 Å². The Labute approximate surface area is 163 Å². The smallest absolute Gasteiger partial charge is 0.341 e. The van der Waals surface area contributed by atoms with Gasteiger partial charge in [-0.05, 0) is 19.1 Å². The van der Waals surface area contributed by atoms with Crippen LogP contribution in [0.5, 0.6) is 5.75 Å². The zero-order chi connectivity index (χ0) is 20.2. The lowest BCUT2D eigenvalue weighted by molar-refractivity contribution is -0.139. The molecule has 1 aromatic carbocycles. The van der Waals surface area contributed by atoms with Crippen molar-refractivity contribution in [1.82, 2.24) is 4.98 Å². The van der Waals surface area contributed by atoms with Gasteiger partial charge in [-0.25, -0.2) is 14.2 Å². The lowest BCUT2D eigenvalue weighted by Crippen LogP contribution is -2.11. The fourth-order valence-corrected chi connectivity index (χ4v) is 2.96. The molecule has 27 heavy (non-hydrogen) atoms. The Morgan fingerprint density at radius 1 is 1.15 bits per heavy atom. The molecular weight excluding hydrogens is 372 g/mol. The van der Waals surface area contributed by atoms with Crippen LogP contribution in [0.1, 0.15) is 57.4 Å². The molecule has 0 aliphatic rings. The highest BCUT2D eigenvalue weighted by Crippen LogP contribution is 2.34. The summed E-state index contributed by atoms with van der Waals surface area (Å²) < 4.78 is 31.7. The molecule has 0 bridgehead atoms. The molecule has 0 amide bonds. The van der Waals surface area contributed by atoms with E-state index in [0.717, 1.165) is 11.1 Å². The first-order valence-electron chi connectivity index (χ1n) is 9.15. The van der Waals surface area contributed by atoms with Crippen molar-refractivity contribution in [2.45, 2.75) is 59.3 Å². The number of hydrogen-bond acceptors (Lipinski definition) is 4. The molecule has 150 valence electrons. The molecule has 0 fully saturated rings. The summed E-state index contributed by atoms with van der Waals surface area (Å²) in [6.07, 6.45) is 8.49. The fourth-order valence-electron chi connectivity index (χ4n) is 2.35. The van der Waals surface area contributed by atoms with Crippen molar-refractivity contribution >= 4 is 17.3 Å². The van der Waals surface area contributed by atoms with Crippen molar-refractivity contribution in [1.29, 1.82) is 0 Å². The molecular formula is C20H27F2NO3S. The molecule has 1 aromatic heterocycles. The Morgan fingerprint density at radius 2 is 1.78 bits per heavy atom. The number of aliphatic carboxylic acids is 1. The molecule has 4 nitrogen and oxygen atoms in total. The van der Waals surface area contributed by atoms with Crippen LogP contribution >= 0.6 is 11.3 Å². The van der Waals surface area contributed by atoms with Gasteiger partial charge in [-0.15, -0.1) is 11.3 Å². The average Bonchev–Trinajstić information content (AvgIpc) is 3.06. The van der Waals surface area contributed by atoms with Gasteiger partial charge in [0.15, 0.2) is 18.2 Å². The van der Waals surface area contributed by atoms with Gasteiger partial charge in [-0.2, -0.15) is 4.39 Å². The maximum Gasteiger partial charge on any atom is 0.341 e. The Hall–Kier alpha value is -2.02. The van der Waals surface area contributed by atoms with Crippen molar-refractivity contribution in [3.05, 3.63) is 34.2 Å². The number of hydrogen-bond donors (Lipinski definition) is 1. The largest absolute Gasteiger partial charge is 0.479 e. The first-order chi connectivity index (χ1) is 12.9. The van der Waals surface area contributed by atoms with E-state index in [9.17, 15) is 13.6 Å². The van der Waals surface area contributed by atoms with Gasteiger partial charge in [0.2, 0.25) is 5.82 Å². The number of aryl methyl sites for hydroxylation is 1. The van der Waals surface area contributed by atoms with Crippen LogP contribution in [0.4, 0.5) is 8.78 Å². The summed E-state index contributed by atoms with van der Waals surface area (Å²) in [4.78, 5) is 14.6. The van der Waals surface area contributed by atoms with E-state index in [1.807, 2.05) is 0 Å². The first-order valence-corrected chi connectivity index (χ1v) is 10.0. The van der Waals surface area contributed by atoms with Gasteiger partial charge in [0.25, 0.3) is 0 Å². The van der Waals surface area contributed by atoms with Crippen molar-refractivity contribution < 1.29 is 23.4 Å². The van der Waals surface area contributed by atoms with Crippen LogP contribution in [0.15, 0.2) is 17.5 Å². The van der Waals surface area contributed by atoms with E-state index in [-0.39, 0.29) is 5.56 Å². The monoisotopic (exact) mass is 399 g/mol. The van der Waals surface area contributed by atoms with E-state index >= 15 is 0 Å². The lowest BCUT2D eigenvalue weighted by Gasteiger charge is -2.10. The summed E-state index contributed by atoms with van der Waals surface area (Å²) in [5.41, 5.74) is 0.645. The Balaban J connectivity index is 0.000000387. The molecule has 0 unspecified atom stereocenters. The molecule has 2 rings (SSSR count). The molecule has 0 aliphatic heterocycles. The zero-order valence-corrected chi connectivity index (χ0v) is 16.9. The molecule has 1 N–H and O–H groups in total. The zero-order valence-electron chi connectivity index (χ0n) is 16.1. The minimum Gasteiger partial charge on any atom is -0.479 e. The number of thiazole rings is 1. The molecule has 0 aliphatic carbocycles. The summed E-state index contributed by atoms with van der Waals surface area (Å²) >= 11 is 1.34. The van der Waals surface area contributed by atoms with Gasteiger partial charge in [0.05, 0.1) is 10.7 Å². The number of nitrogens with zero attached hydrogens (tertiary/aromatic N) is 1. The summed E-state index contributed by atoms with van der Waals surface area (Å²) in [5, 5.41) is 11.0. The molecule has 0 radical (unpaired) electrons. The second-order valence-electron chi connectivity index (χ2n) is 6.09. The van der Waals surface area contributed by atoms with Gasteiger partial charge < -0.3 is 9.84 Å². The van der Waals surface area contributed by atoms with Crippen molar-refractivity contribution in [2.24, 2.45) is 0 Å². The van der Waals surface area contributed by atoms with E-state index in [1.165, 1.54) is 55.9 Å². The van der Waals surface area contributed by atoms with Crippen LogP contribution in [0.2, 0.25) is 0 Å². The maximum absolute atomic E-state index is 13.7. The number of ether oxygens (including phenoxy) is 1. The average molecular weight is 400 g/mol. The number of carbonyl (C=O) groups is 1. The van der Waals surface area contributed by atoms with Crippen molar-refractivity contribution in [2.75, 3.05) is 6.61 Å². The third kappa shape index (κ3) is 8.03. The van der Waals surface area contributed by atoms with E-state index in [1.54, 1.807) is 12.3 Å². The molecule has 1 heterocycles. The number of aromatic nitrogens is 1. The molecule has 0 saturated heterocycles. The van der Waals surface area contributed by atoms with Crippen LogP contribution in [-0.4, -0.2) is 22.7 Å². The van der Waals surface area contributed by atoms with Crippen LogP contribution < -0.4 is 4.74 Å². The minimum absolute atomic E-state index is 0.226. The molecule has 7 heteroatoms. The highest BCUT2D eigenvalue weighted by atomic mass is 32.1. The van der Waals surface area contributed by atoms with E-state index in [2.05, 4.69) is 18.8 Å². The standard InChI is InChI=1S/C12H9F2NO3S.C8H18/c1-6-15-9(5-19-6)7-2-3-8(13)11(14)12(7)18-4-10(16)17;1-3-5-7-8-6-4-2/h2-3,5H,4H2,1H3,(H,16,17);3-8H2,1-2H3. The number of halogens is 2. The van der Waals surface area contributed by atoms with Crippen molar-refractivity contribution in [3.63, 3.8) is 0 Å². The quantitative estimate of drug-likeness (QED) is 0.508. The highest BCUT2D eigenvalue weighted by Gasteiger charge is 2.18. The summed E-state index contributed by atoms with van der Waals surface area (Å²) in [6, 6.07) is 2.26. The molecule has 0 saturated carbocycles. The molecule has 0 spiro atoms. The lowest BCUT2D eigenvalue weighted by atomic mass is 10.1. The summed E-state index contributed by atoms with van der Waals surface area (Å²) in [5.74, 6) is -4.03. The SMILES string of the molecule is CCCCCCCC.Cc1nc(-c2ccc(F)c(F)c2OCC(=O)O)cs1. The summed E-state index contributed by atoms with van der Waals surface area (Å²) in [7, 11) is 0. The minimum atomic E-state index is -1.27. The van der Waals surface area contributed by atoms with Gasteiger partial charge in [-0.3, -0.25) is 0 Å². The number of carboxylic acid groups (broad SMARTS) is 1. The Morgan fingerprint density at radius 3 is 2.26 bits per heavy atom. The van der Waals surface area contributed by atoms with E-state index < -0.39 is 30.0 Å². The number of benzene rings is 1. The van der Waals surface area contributed by atoms with Crippen LogP contribution in [0.3, 0.4) is 0 Å². The Kier molecular flexibility index (Phi) is 10.6. The third-order valence-electron chi connectivity index (χ3n) is 3.74. The fraction of sp³-hybridized carbons (Fsp3) is 0.500. The Bertz CT molecular complexity index is 713. The van der Waals surface area contributed by atoms with Gasteiger partial charge in [0.1, 0.15) is 0 Å². The predicted octanol–water partition coefficient (Wildman–Crippen LogP) is 6.23. The van der Waals surface area contributed by atoms with Gasteiger partial charge in [0, 0.05) is 10.9 Å². The summed E-state index contributed by atoms with van der Waals surface area (Å²) in [6.45, 7) is 5.53. The van der Waals surface area contributed by atoms with Crippen LogP contribution in [0, 0.1) is 18.6 Å².